The second-order valence-corrected chi connectivity index (χ2v) is 7.91. The molecule has 3 N–H and O–H groups in total. The Morgan fingerprint density at radius 1 is 1.14 bits per heavy atom. The lowest BCUT2D eigenvalue weighted by atomic mass is 10.0. The van der Waals surface area contributed by atoms with Gasteiger partial charge in [0.2, 0.25) is 0 Å². The van der Waals surface area contributed by atoms with Crippen LogP contribution in [0.1, 0.15) is 37.7 Å². The van der Waals surface area contributed by atoms with Gasteiger partial charge in [0.1, 0.15) is 5.60 Å². The van der Waals surface area contributed by atoms with Gasteiger partial charge in [-0.15, -0.1) is 0 Å². The molecule has 6 nitrogen and oxygen atoms in total. The standard InChI is InChI=1S/C22H31N3O3/c1-16-9-8-12-18(24-16)14-23-15-20(26)19(13-17-10-6-5-7-11-17)25-21(27)28-22(2,3)4/h5-12,19-20,23,26H,13-15H2,1-4H3,(H,25,27)/t19-,20-/m0/s1. The number of aryl methyl sites for hydroxylation is 1. The molecular weight excluding hydrogens is 354 g/mol. The highest BCUT2D eigenvalue weighted by Crippen LogP contribution is 2.10. The third kappa shape index (κ3) is 8.06. The van der Waals surface area contributed by atoms with Gasteiger partial charge in [-0.1, -0.05) is 36.4 Å². The van der Waals surface area contributed by atoms with Crippen molar-refractivity contribution in [2.24, 2.45) is 0 Å². The van der Waals surface area contributed by atoms with Crippen molar-refractivity contribution in [3.63, 3.8) is 0 Å². The van der Waals surface area contributed by atoms with Gasteiger partial charge < -0.3 is 20.5 Å². The Balaban J connectivity index is 1.96. The minimum atomic E-state index is -0.780. The van der Waals surface area contributed by atoms with E-state index in [1.165, 1.54) is 0 Å². The van der Waals surface area contributed by atoms with E-state index in [0.29, 0.717) is 19.5 Å². The SMILES string of the molecule is Cc1cccc(CNC[C@H](O)[C@H](Cc2ccccc2)NC(=O)OC(C)(C)C)n1. The number of hydrogen-bond donors (Lipinski definition) is 3. The van der Waals surface area contributed by atoms with Gasteiger partial charge in [-0.2, -0.15) is 0 Å². The van der Waals surface area contributed by atoms with Crippen LogP contribution >= 0.6 is 0 Å². The van der Waals surface area contributed by atoms with Crippen LogP contribution in [-0.2, 0) is 17.7 Å². The number of pyridine rings is 1. The quantitative estimate of drug-likeness (QED) is 0.651. The minimum Gasteiger partial charge on any atom is -0.444 e. The lowest BCUT2D eigenvalue weighted by Crippen LogP contribution is -2.49. The molecule has 2 rings (SSSR count). The zero-order valence-electron chi connectivity index (χ0n) is 17.1. The molecule has 0 radical (unpaired) electrons. The van der Waals surface area contributed by atoms with Crippen LogP contribution in [0.15, 0.2) is 48.5 Å². The number of ether oxygens (including phenoxy) is 1. The predicted molar refractivity (Wildman–Crippen MR) is 110 cm³/mol. The maximum Gasteiger partial charge on any atom is 0.407 e. The summed E-state index contributed by atoms with van der Waals surface area (Å²) in [4.78, 5) is 16.7. The van der Waals surface area contributed by atoms with Gasteiger partial charge in [0, 0.05) is 18.8 Å². The van der Waals surface area contributed by atoms with Crippen LogP contribution in [-0.4, -0.2) is 40.5 Å². The Morgan fingerprint density at radius 2 is 1.86 bits per heavy atom. The Bertz CT molecular complexity index is 744. The van der Waals surface area contributed by atoms with Crippen LogP contribution < -0.4 is 10.6 Å². The van der Waals surface area contributed by atoms with Gasteiger partial charge in [0.25, 0.3) is 0 Å². The highest BCUT2D eigenvalue weighted by molar-refractivity contribution is 5.68. The minimum absolute atomic E-state index is 0.322. The van der Waals surface area contributed by atoms with E-state index in [0.717, 1.165) is 17.0 Å². The molecule has 1 aromatic heterocycles. The number of nitrogens with one attached hydrogen (secondary N) is 2. The van der Waals surface area contributed by atoms with E-state index >= 15 is 0 Å². The number of hydrogen-bond acceptors (Lipinski definition) is 5. The molecule has 2 aromatic rings. The Kier molecular flexibility index (Phi) is 7.96. The molecule has 0 saturated carbocycles. The molecule has 1 aromatic carbocycles. The van der Waals surface area contributed by atoms with Gasteiger partial charge in [-0.3, -0.25) is 4.98 Å². The van der Waals surface area contributed by atoms with Crippen molar-refractivity contribution in [1.29, 1.82) is 0 Å². The van der Waals surface area contributed by atoms with Gasteiger partial charge in [0.15, 0.2) is 0 Å². The zero-order chi connectivity index (χ0) is 20.6. The van der Waals surface area contributed by atoms with Crippen LogP contribution in [0.2, 0.25) is 0 Å². The molecule has 28 heavy (non-hydrogen) atoms. The van der Waals surface area contributed by atoms with Crippen molar-refractivity contribution >= 4 is 6.09 Å². The molecule has 0 unspecified atom stereocenters. The second kappa shape index (κ2) is 10.2. The lowest BCUT2D eigenvalue weighted by Gasteiger charge is -2.27. The van der Waals surface area contributed by atoms with E-state index in [1.807, 2.05) is 76.2 Å². The van der Waals surface area contributed by atoms with E-state index in [1.54, 1.807) is 0 Å². The summed E-state index contributed by atoms with van der Waals surface area (Å²) >= 11 is 0. The van der Waals surface area contributed by atoms with E-state index < -0.39 is 23.8 Å². The average Bonchev–Trinajstić information content (AvgIpc) is 2.60. The summed E-state index contributed by atoms with van der Waals surface area (Å²) in [6, 6.07) is 15.1. The van der Waals surface area contributed by atoms with E-state index in [-0.39, 0.29) is 0 Å². The number of alkyl carbamates (subject to hydrolysis) is 1. The van der Waals surface area contributed by atoms with E-state index in [4.69, 9.17) is 4.74 Å². The van der Waals surface area contributed by atoms with Crippen LogP contribution in [0.4, 0.5) is 4.79 Å². The molecule has 0 fully saturated rings. The summed E-state index contributed by atoms with van der Waals surface area (Å²) in [6.07, 6.45) is -0.809. The molecule has 1 amide bonds. The van der Waals surface area contributed by atoms with Crippen LogP contribution in [0.25, 0.3) is 0 Å². The van der Waals surface area contributed by atoms with Crippen molar-refractivity contribution in [1.82, 2.24) is 15.6 Å². The highest BCUT2D eigenvalue weighted by atomic mass is 16.6. The molecule has 152 valence electrons. The molecule has 2 atom stereocenters. The maximum absolute atomic E-state index is 12.2. The number of aliphatic hydroxyl groups is 1. The zero-order valence-corrected chi connectivity index (χ0v) is 17.1. The van der Waals surface area contributed by atoms with Crippen LogP contribution in [0.5, 0.6) is 0 Å². The number of nitrogens with zero attached hydrogens (tertiary/aromatic N) is 1. The van der Waals surface area contributed by atoms with Crippen LogP contribution in [0, 0.1) is 6.92 Å². The van der Waals surface area contributed by atoms with Crippen molar-refractivity contribution in [2.45, 2.75) is 58.4 Å². The molecule has 1 heterocycles. The number of carbonyl (C=O) groups excluding carboxylic acids is 1. The van der Waals surface area contributed by atoms with Gasteiger partial charge >= 0.3 is 6.09 Å². The fourth-order valence-corrected chi connectivity index (χ4v) is 2.80. The van der Waals surface area contributed by atoms with E-state index in [2.05, 4.69) is 15.6 Å². The second-order valence-electron chi connectivity index (χ2n) is 7.91. The summed E-state index contributed by atoms with van der Waals surface area (Å²) in [5.74, 6) is 0. The summed E-state index contributed by atoms with van der Waals surface area (Å²) in [6.45, 7) is 8.24. The Hall–Kier alpha value is -2.44. The number of aliphatic hydroxyl groups excluding tert-OH is 1. The van der Waals surface area contributed by atoms with Crippen molar-refractivity contribution in [3.8, 4) is 0 Å². The number of aromatic nitrogens is 1. The Morgan fingerprint density at radius 3 is 2.50 bits per heavy atom. The fourth-order valence-electron chi connectivity index (χ4n) is 2.80. The predicted octanol–water partition coefficient (Wildman–Crippen LogP) is 2.98. The largest absolute Gasteiger partial charge is 0.444 e. The summed E-state index contributed by atoms with van der Waals surface area (Å²) in [7, 11) is 0. The number of carbonyl (C=O) groups is 1. The topological polar surface area (TPSA) is 83.5 Å². The number of amides is 1. The first-order valence-corrected chi connectivity index (χ1v) is 9.58. The van der Waals surface area contributed by atoms with Gasteiger partial charge in [-0.05, 0) is 51.8 Å². The third-order valence-electron chi connectivity index (χ3n) is 4.07. The monoisotopic (exact) mass is 385 g/mol. The lowest BCUT2D eigenvalue weighted by molar-refractivity contribution is 0.0422. The van der Waals surface area contributed by atoms with E-state index in [9.17, 15) is 9.90 Å². The molecule has 0 saturated heterocycles. The molecular formula is C22H31N3O3. The smallest absolute Gasteiger partial charge is 0.407 e. The molecule has 0 aliphatic carbocycles. The molecule has 0 bridgehead atoms. The van der Waals surface area contributed by atoms with Gasteiger partial charge in [-0.25, -0.2) is 4.79 Å². The normalized spacial score (nSPS) is 13.6. The molecule has 0 spiro atoms. The first kappa shape index (κ1) is 21.9. The van der Waals surface area contributed by atoms with Gasteiger partial charge in [0.05, 0.1) is 17.8 Å². The number of benzene rings is 1. The highest BCUT2D eigenvalue weighted by Gasteiger charge is 2.24. The first-order valence-electron chi connectivity index (χ1n) is 9.58. The molecule has 0 aliphatic rings. The summed E-state index contributed by atoms with van der Waals surface area (Å²) in [5.41, 5.74) is 2.30. The number of rotatable bonds is 8. The van der Waals surface area contributed by atoms with Crippen molar-refractivity contribution < 1.29 is 14.6 Å². The third-order valence-corrected chi connectivity index (χ3v) is 4.07. The first-order chi connectivity index (χ1) is 13.2. The Labute approximate surface area is 167 Å². The van der Waals surface area contributed by atoms with Crippen molar-refractivity contribution in [2.75, 3.05) is 6.54 Å². The van der Waals surface area contributed by atoms with Crippen molar-refractivity contribution in [3.05, 3.63) is 65.5 Å². The average molecular weight is 386 g/mol. The van der Waals surface area contributed by atoms with Crippen LogP contribution in [0.3, 0.4) is 0 Å². The fraction of sp³-hybridized carbons (Fsp3) is 0.455. The molecule has 6 heteroatoms. The maximum atomic E-state index is 12.2. The summed E-state index contributed by atoms with van der Waals surface area (Å²) < 4.78 is 5.35. The molecule has 0 aliphatic heterocycles. The summed E-state index contributed by atoms with van der Waals surface area (Å²) in [5, 5.41) is 16.7.